The van der Waals surface area contributed by atoms with E-state index in [2.05, 4.69) is 4.74 Å². The van der Waals surface area contributed by atoms with Gasteiger partial charge in [-0.05, 0) is 43.7 Å². The zero-order valence-corrected chi connectivity index (χ0v) is 24.1. The third-order valence-electron chi connectivity index (χ3n) is 5.98. The summed E-state index contributed by atoms with van der Waals surface area (Å²) >= 11 is 6.07. The Morgan fingerprint density at radius 2 is 1.78 bits per heavy atom. The molecule has 1 aliphatic heterocycles. The molecule has 0 spiro atoms. The fraction of sp³-hybridized carbons (Fsp3) is 0.310. The number of allylic oxidation sites excluding steroid dienone is 3. The highest BCUT2D eigenvalue weighted by atomic mass is 35.5. The molecule has 0 aliphatic carbocycles. The number of alkyl halides is 3. The predicted molar refractivity (Wildman–Crippen MR) is 149 cm³/mol. The first kappa shape index (κ1) is 31.4. The second kappa shape index (κ2) is 13.5. The molecule has 2 amide bonds. The Morgan fingerprint density at radius 3 is 2.37 bits per heavy atom. The molecular formula is C29H32ClF3N4O4. The summed E-state index contributed by atoms with van der Waals surface area (Å²) in [6.07, 6.45) is 0.263. The monoisotopic (exact) mass is 592 g/mol. The van der Waals surface area contributed by atoms with Gasteiger partial charge in [0.05, 0.1) is 0 Å². The normalized spacial score (nSPS) is 15.9. The van der Waals surface area contributed by atoms with Crippen molar-refractivity contribution in [1.82, 2.24) is 19.6 Å². The van der Waals surface area contributed by atoms with Crippen molar-refractivity contribution in [1.29, 1.82) is 0 Å². The lowest BCUT2D eigenvalue weighted by Crippen LogP contribution is -2.45. The van der Waals surface area contributed by atoms with Crippen LogP contribution in [0.4, 0.5) is 13.2 Å². The quantitative estimate of drug-likeness (QED) is 0.251. The van der Waals surface area contributed by atoms with Crippen LogP contribution in [0.1, 0.15) is 19.4 Å². The van der Waals surface area contributed by atoms with Crippen LogP contribution in [-0.4, -0.2) is 72.3 Å². The van der Waals surface area contributed by atoms with Crippen LogP contribution < -0.4 is 9.47 Å². The van der Waals surface area contributed by atoms with E-state index >= 15 is 0 Å². The number of carbonyl (C=O) groups excluding carboxylic acids is 2. The number of nitrogens with zero attached hydrogens (tertiary/aromatic N) is 4. The average Bonchev–Trinajstić information content (AvgIpc) is 3.16. The number of hydrogen-bond acceptors (Lipinski definition) is 6. The molecule has 12 heteroatoms. The molecule has 2 aromatic carbocycles. The maximum absolute atomic E-state index is 13.7. The van der Waals surface area contributed by atoms with Crippen molar-refractivity contribution in [2.24, 2.45) is 0 Å². The van der Waals surface area contributed by atoms with E-state index in [9.17, 15) is 22.8 Å². The Kier molecular flexibility index (Phi) is 10.3. The van der Waals surface area contributed by atoms with Gasteiger partial charge < -0.3 is 24.2 Å². The third kappa shape index (κ3) is 8.20. The topological polar surface area (TPSA) is 65.6 Å². The molecule has 0 aromatic heterocycles. The largest absolute Gasteiger partial charge is 0.573 e. The van der Waals surface area contributed by atoms with Gasteiger partial charge in [-0.2, -0.15) is 0 Å². The zero-order valence-electron chi connectivity index (χ0n) is 23.4. The molecule has 0 bridgehead atoms. The van der Waals surface area contributed by atoms with E-state index in [-0.39, 0.29) is 30.4 Å². The lowest BCUT2D eigenvalue weighted by Gasteiger charge is -2.33. The van der Waals surface area contributed by atoms with Crippen molar-refractivity contribution in [3.8, 4) is 11.5 Å². The summed E-state index contributed by atoms with van der Waals surface area (Å²) in [5, 5.41) is 0.526. The van der Waals surface area contributed by atoms with Gasteiger partial charge in [0.1, 0.15) is 23.0 Å². The molecule has 0 fully saturated rings. The third-order valence-corrected chi connectivity index (χ3v) is 6.23. The van der Waals surface area contributed by atoms with E-state index in [1.807, 2.05) is 32.1 Å². The van der Waals surface area contributed by atoms with Gasteiger partial charge in [0.15, 0.2) is 0 Å². The zero-order chi connectivity index (χ0) is 30.3. The number of benzene rings is 2. The standard InChI is InChI=1S/C29H32ClF3N4O4/c1-6-7-9-20(2)17-36(19-38)26-25(27(39)34(3)4)37(18-21-12-14-22(30)15-13-21)28(35(26)5)40-23-10-8-11-24(16-23)41-29(31,32)33/h6-16,19,28H,17-18H2,1-5H3/b7-6-,20-9+. The van der Waals surface area contributed by atoms with Crippen molar-refractivity contribution < 1.29 is 32.2 Å². The molecular weight excluding hydrogens is 561 g/mol. The number of likely N-dealkylation sites (N-methyl/N-ethyl adjacent to an activating group) is 1. The first-order valence-electron chi connectivity index (χ1n) is 12.6. The Labute approximate surface area is 242 Å². The van der Waals surface area contributed by atoms with Gasteiger partial charge in [0.2, 0.25) is 6.41 Å². The SMILES string of the molecule is C/C=C\C=C(/C)CN(C=O)C1=C(C(=O)N(C)C)N(Cc2ccc(Cl)cc2)C(Oc2cccc(OC(F)(F)F)c2)N1C. The maximum Gasteiger partial charge on any atom is 0.573 e. The summed E-state index contributed by atoms with van der Waals surface area (Å²) < 4.78 is 48.9. The van der Waals surface area contributed by atoms with Crippen molar-refractivity contribution in [3.05, 3.63) is 94.4 Å². The molecule has 0 saturated heterocycles. The highest BCUT2D eigenvalue weighted by Crippen LogP contribution is 2.35. The van der Waals surface area contributed by atoms with Crippen LogP contribution in [-0.2, 0) is 16.1 Å². The summed E-state index contributed by atoms with van der Waals surface area (Å²) in [6, 6.07) is 12.1. The molecule has 0 saturated carbocycles. The lowest BCUT2D eigenvalue weighted by molar-refractivity contribution is -0.274. The second-order valence-corrected chi connectivity index (χ2v) is 9.91. The molecule has 1 unspecified atom stereocenters. The van der Waals surface area contributed by atoms with Gasteiger partial charge in [-0.3, -0.25) is 14.5 Å². The number of halogens is 4. The first-order valence-corrected chi connectivity index (χ1v) is 12.9. The minimum Gasteiger partial charge on any atom is -0.452 e. The Hall–Kier alpha value is -4.12. The molecule has 1 heterocycles. The number of amides is 2. The number of ether oxygens (including phenoxy) is 2. The van der Waals surface area contributed by atoms with Crippen LogP contribution in [0.15, 0.2) is 83.9 Å². The minimum atomic E-state index is -4.88. The molecule has 220 valence electrons. The summed E-state index contributed by atoms with van der Waals surface area (Å²) in [5.74, 6) is -0.530. The summed E-state index contributed by atoms with van der Waals surface area (Å²) in [7, 11) is 4.81. The Balaban J connectivity index is 2.12. The fourth-order valence-electron chi connectivity index (χ4n) is 4.19. The molecule has 1 aliphatic rings. The van der Waals surface area contributed by atoms with E-state index in [1.165, 1.54) is 21.9 Å². The van der Waals surface area contributed by atoms with E-state index in [0.717, 1.165) is 23.3 Å². The molecule has 0 radical (unpaired) electrons. The van der Waals surface area contributed by atoms with Gasteiger partial charge in [0, 0.05) is 45.3 Å². The van der Waals surface area contributed by atoms with Gasteiger partial charge in [-0.25, -0.2) is 0 Å². The second-order valence-electron chi connectivity index (χ2n) is 9.48. The number of carbonyl (C=O) groups is 2. The van der Waals surface area contributed by atoms with Crippen molar-refractivity contribution in [2.75, 3.05) is 27.7 Å². The Morgan fingerprint density at radius 1 is 1.12 bits per heavy atom. The van der Waals surface area contributed by atoms with Gasteiger partial charge in [0.25, 0.3) is 12.3 Å². The highest BCUT2D eigenvalue weighted by molar-refractivity contribution is 6.30. The molecule has 0 N–H and O–H groups in total. The van der Waals surface area contributed by atoms with Gasteiger partial charge in [-0.15, -0.1) is 13.2 Å². The minimum absolute atomic E-state index is 0.0596. The number of rotatable bonds is 11. The van der Waals surface area contributed by atoms with Crippen LogP contribution in [0, 0.1) is 0 Å². The molecule has 2 aromatic rings. The average molecular weight is 593 g/mol. The Bertz CT molecular complexity index is 1330. The van der Waals surface area contributed by atoms with Crippen LogP contribution in [0.3, 0.4) is 0 Å². The van der Waals surface area contributed by atoms with E-state index in [0.29, 0.717) is 11.4 Å². The summed E-state index contributed by atoms with van der Waals surface area (Å²) in [6.45, 7) is 4.05. The highest BCUT2D eigenvalue weighted by Gasteiger charge is 2.44. The van der Waals surface area contributed by atoms with E-state index in [4.69, 9.17) is 16.3 Å². The van der Waals surface area contributed by atoms with E-state index < -0.39 is 24.4 Å². The predicted octanol–water partition coefficient (Wildman–Crippen LogP) is 5.59. The molecule has 3 rings (SSSR count). The van der Waals surface area contributed by atoms with Gasteiger partial charge in [-0.1, -0.05) is 53.6 Å². The van der Waals surface area contributed by atoms with Gasteiger partial charge >= 0.3 is 6.36 Å². The van der Waals surface area contributed by atoms with Crippen LogP contribution >= 0.6 is 11.6 Å². The van der Waals surface area contributed by atoms with Crippen LogP contribution in [0.5, 0.6) is 11.5 Å². The number of hydrogen-bond donors (Lipinski definition) is 0. The van der Waals surface area contributed by atoms with Crippen molar-refractivity contribution in [2.45, 2.75) is 33.1 Å². The van der Waals surface area contributed by atoms with E-state index in [1.54, 1.807) is 55.2 Å². The summed E-state index contributed by atoms with van der Waals surface area (Å²) in [4.78, 5) is 32.1. The van der Waals surface area contributed by atoms with Crippen molar-refractivity contribution >= 4 is 23.9 Å². The molecule has 8 nitrogen and oxygen atoms in total. The molecule has 41 heavy (non-hydrogen) atoms. The maximum atomic E-state index is 13.7. The van der Waals surface area contributed by atoms with Crippen LogP contribution in [0.2, 0.25) is 5.02 Å². The summed E-state index contributed by atoms with van der Waals surface area (Å²) in [5.41, 5.74) is 1.79. The van der Waals surface area contributed by atoms with Crippen molar-refractivity contribution in [3.63, 3.8) is 0 Å². The first-order chi connectivity index (χ1) is 19.3. The smallest absolute Gasteiger partial charge is 0.452 e. The molecule has 1 atom stereocenters. The lowest BCUT2D eigenvalue weighted by atomic mass is 10.2. The fourth-order valence-corrected chi connectivity index (χ4v) is 4.31. The van der Waals surface area contributed by atoms with Crippen LogP contribution in [0.25, 0.3) is 0 Å².